The molecule has 2 amide bonds. The third kappa shape index (κ3) is 3.86. The van der Waals surface area contributed by atoms with Crippen LogP contribution in [0.15, 0.2) is 42.5 Å². The van der Waals surface area contributed by atoms with Crippen LogP contribution in [-0.4, -0.2) is 49.0 Å². The highest BCUT2D eigenvalue weighted by Gasteiger charge is 2.33. The number of hydrogen-bond donors (Lipinski definition) is 1. The number of hydrogen-bond acceptors (Lipinski definition) is 5. The summed E-state index contributed by atoms with van der Waals surface area (Å²) in [4.78, 5) is 39.1. The molecule has 2 aliphatic rings. The lowest BCUT2D eigenvalue weighted by Crippen LogP contribution is -2.32. The van der Waals surface area contributed by atoms with Crippen molar-refractivity contribution in [1.82, 2.24) is 4.90 Å². The molecule has 0 bridgehead atoms. The van der Waals surface area contributed by atoms with Gasteiger partial charge in [-0.25, -0.2) is 4.79 Å². The van der Waals surface area contributed by atoms with E-state index in [1.165, 1.54) is 7.11 Å². The molecule has 0 radical (unpaired) electrons. The van der Waals surface area contributed by atoms with Gasteiger partial charge in [-0.3, -0.25) is 9.59 Å². The van der Waals surface area contributed by atoms with Gasteiger partial charge in [-0.15, -0.1) is 0 Å². The normalized spacial score (nSPS) is 17.9. The van der Waals surface area contributed by atoms with Crippen LogP contribution in [0, 0.1) is 0 Å². The number of benzene rings is 2. The van der Waals surface area contributed by atoms with E-state index in [-0.39, 0.29) is 17.9 Å². The summed E-state index contributed by atoms with van der Waals surface area (Å²) in [6.07, 6.45) is 2.04. The summed E-state index contributed by atoms with van der Waals surface area (Å²) in [6, 6.07) is 11.7. The predicted octanol–water partition coefficient (Wildman–Crippen LogP) is 2.86. The molecule has 2 aromatic rings. The molecule has 0 aromatic heterocycles. The highest BCUT2D eigenvalue weighted by Crippen LogP contribution is 2.28. The molecular formula is C22H22N2O5. The molecule has 1 atom stereocenters. The first-order valence-corrected chi connectivity index (χ1v) is 9.59. The summed E-state index contributed by atoms with van der Waals surface area (Å²) < 4.78 is 10.3. The minimum absolute atomic E-state index is 0.0684. The first-order valence-electron chi connectivity index (χ1n) is 9.59. The quantitative estimate of drug-likeness (QED) is 0.789. The van der Waals surface area contributed by atoms with Gasteiger partial charge in [-0.2, -0.15) is 0 Å². The lowest BCUT2D eigenvalue weighted by Gasteiger charge is -2.19. The fourth-order valence-electron chi connectivity index (χ4n) is 3.80. The zero-order valence-electron chi connectivity index (χ0n) is 16.1. The van der Waals surface area contributed by atoms with Crippen LogP contribution in [0.3, 0.4) is 0 Å². The van der Waals surface area contributed by atoms with Crippen molar-refractivity contribution in [2.45, 2.75) is 25.5 Å². The Morgan fingerprint density at radius 1 is 1.21 bits per heavy atom. The number of nitrogens with zero attached hydrogens (tertiary/aromatic N) is 1. The van der Waals surface area contributed by atoms with E-state index >= 15 is 0 Å². The zero-order valence-corrected chi connectivity index (χ0v) is 16.1. The highest BCUT2D eigenvalue weighted by atomic mass is 16.5. The van der Waals surface area contributed by atoms with Crippen LogP contribution in [0.2, 0.25) is 0 Å². The van der Waals surface area contributed by atoms with E-state index in [4.69, 9.17) is 4.74 Å². The number of anilines is 1. The Morgan fingerprint density at radius 2 is 2.00 bits per heavy atom. The second kappa shape index (κ2) is 8.05. The minimum atomic E-state index is -0.444. The van der Waals surface area contributed by atoms with Crippen LogP contribution in [0.5, 0.6) is 0 Å². The number of fused-ring (bicyclic) bond motifs is 1. The molecule has 1 unspecified atom stereocenters. The van der Waals surface area contributed by atoms with Crippen molar-refractivity contribution in [3.8, 4) is 0 Å². The van der Waals surface area contributed by atoms with E-state index in [2.05, 4.69) is 10.1 Å². The second-order valence-corrected chi connectivity index (χ2v) is 7.18. The maximum Gasteiger partial charge on any atom is 0.337 e. The summed E-state index contributed by atoms with van der Waals surface area (Å²) in [5, 5.41) is 2.79. The molecule has 2 aromatic carbocycles. The van der Waals surface area contributed by atoms with Crippen LogP contribution >= 0.6 is 0 Å². The van der Waals surface area contributed by atoms with Gasteiger partial charge in [0.15, 0.2) is 0 Å². The van der Waals surface area contributed by atoms with Crippen molar-refractivity contribution in [1.29, 1.82) is 0 Å². The molecule has 29 heavy (non-hydrogen) atoms. The number of ether oxygens (including phenoxy) is 2. The van der Waals surface area contributed by atoms with Gasteiger partial charge in [0.2, 0.25) is 0 Å². The standard InChI is InChI=1S/C22H22N2O5/c1-28-22(27)14-7-9-16(10-8-14)23-20(25)18-6-2-4-15-12-24(21(26)19(15)18)13-17-5-3-11-29-17/h2,4,6-10,17H,3,5,11-13H2,1H3,(H,23,25). The third-order valence-electron chi connectivity index (χ3n) is 5.27. The molecule has 2 heterocycles. The van der Waals surface area contributed by atoms with Crippen molar-refractivity contribution in [2.75, 3.05) is 25.6 Å². The van der Waals surface area contributed by atoms with Crippen LogP contribution in [0.4, 0.5) is 5.69 Å². The molecule has 1 N–H and O–H groups in total. The van der Waals surface area contributed by atoms with Gasteiger partial charge >= 0.3 is 5.97 Å². The second-order valence-electron chi connectivity index (χ2n) is 7.18. The number of nitrogens with one attached hydrogen (secondary N) is 1. The van der Waals surface area contributed by atoms with E-state index in [9.17, 15) is 14.4 Å². The van der Waals surface area contributed by atoms with Crippen molar-refractivity contribution >= 4 is 23.5 Å². The number of amides is 2. The molecular weight excluding hydrogens is 372 g/mol. The lowest BCUT2D eigenvalue weighted by molar-refractivity contribution is 0.0544. The Bertz CT molecular complexity index is 948. The van der Waals surface area contributed by atoms with Gasteiger partial charge in [0.1, 0.15) is 0 Å². The Kier molecular flexibility index (Phi) is 5.31. The van der Waals surface area contributed by atoms with Gasteiger partial charge in [-0.05, 0) is 48.7 Å². The lowest BCUT2D eigenvalue weighted by atomic mass is 10.0. The molecule has 1 fully saturated rings. The molecule has 2 aliphatic heterocycles. The molecule has 0 spiro atoms. The van der Waals surface area contributed by atoms with Gasteiger partial charge in [0.25, 0.3) is 11.8 Å². The average molecular weight is 394 g/mol. The maximum atomic E-state index is 13.0. The SMILES string of the molecule is COC(=O)c1ccc(NC(=O)c2cccc3c2C(=O)N(CC2CCCO2)C3)cc1. The molecule has 0 saturated carbocycles. The third-order valence-corrected chi connectivity index (χ3v) is 5.27. The van der Waals surface area contributed by atoms with Crippen molar-refractivity contribution in [3.63, 3.8) is 0 Å². The van der Waals surface area contributed by atoms with E-state index in [1.807, 2.05) is 6.07 Å². The largest absolute Gasteiger partial charge is 0.465 e. The van der Waals surface area contributed by atoms with Crippen molar-refractivity contribution in [3.05, 3.63) is 64.7 Å². The van der Waals surface area contributed by atoms with E-state index in [0.717, 1.165) is 25.0 Å². The summed E-state index contributed by atoms with van der Waals surface area (Å²) >= 11 is 0. The molecule has 4 rings (SSSR count). The zero-order chi connectivity index (χ0) is 20.4. The molecule has 0 aliphatic carbocycles. The Hall–Kier alpha value is -3.19. The topological polar surface area (TPSA) is 84.9 Å². The van der Waals surface area contributed by atoms with E-state index < -0.39 is 5.97 Å². The summed E-state index contributed by atoms with van der Waals surface area (Å²) in [5.74, 6) is -0.942. The predicted molar refractivity (Wildman–Crippen MR) is 106 cm³/mol. The summed E-state index contributed by atoms with van der Waals surface area (Å²) in [6.45, 7) is 1.77. The van der Waals surface area contributed by atoms with Crippen LogP contribution in [-0.2, 0) is 16.0 Å². The van der Waals surface area contributed by atoms with Crippen LogP contribution in [0.1, 0.15) is 49.5 Å². The van der Waals surface area contributed by atoms with Gasteiger partial charge in [0.05, 0.1) is 29.9 Å². The fourth-order valence-corrected chi connectivity index (χ4v) is 3.80. The maximum absolute atomic E-state index is 13.0. The van der Waals surface area contributed by atoms with E-state index in [1.54, 1.807) is 41.3 Å². The Morgan fingerprint density at radius 3 is 2.69 bits per heavy atom. The monoisotopic (exact) mass is 394 g/mol. The minimum Gasteiger partial charge on any atom is -0.465 e. The highest BCUT2D eigenvalue weighted by molar-refractivity contribution is 6.13. The molecule has 7 heteroatoms. The first kappa shape index (κ1) is 19.1. The van der Waals surface area contributed by atoms with Gasteiger partial charge < -0.3 is 19.7 Å². The fraction of sp³-hybridized carbons (Fsp3) is 0.318. The summed E-state index contributed by atoms with van der Waals surface area (Å²) in [5.41, 5.74) is 2.57. The Balaban J connectivity index is 1.50. The van der Waals surface area contributed by atoms with Gasteiger partial charge in [-0.1, -0.05) is 12.1 Å². The number of carbonyl (C=O) groups is 3. The summed E-state index contributed by atoms with van der Waals surface area (Å²) in [7, 11) is 1.31. The smallest absolute Gasteiger partial charge is 0.337 e. The Labute approximate surface area is 168 Å². The van der Waals surface area contributed by atoms with Crippen LogP contribution < -0.4 is 5.32 Å². The van der Waals surface area contributed by atoms with Crippen LogP contribution in [0.25, 0.3) is 0 Å². The number of rotatable bonds is 5. The number of carbonyl (C=O) groups excluding carboxylic acids is 3. The molecule has 150 valence electrons. The number of methoxy groups -OCH3 is 1. The average Bonchev–Trinajstić information content (AvgIpc) is 3.36. The van der Waals surface area contributed by atoms with Crippen molar-refractivity contribution in [2.24, 2.45) is 0 Å². The van der Waals surface area contributed by atoms with E-state index in [0.29, 0.717) is 35.5 Å². The van der Waals surface area contributed by atoms with Crippen molar-refractivity contribution < 1.29 is 23.9 Å². The first-order chi connectivity index (χ1) is 14.1. The molecule has 7 nitrogen and oxygen atoms in total. The van der Waals surface area contributed by atoms with Gasteiger partial charge in [0, 0.05) is 25.4 Å². The number of esters is 1. The molecule has 1 saturated heterocycles.